The van der Waals surface area contributed by atoms with Gasteiger partial charge in [0.25, 0.3) is 0 Å². The summed E-state index contributed by atoms with van der Waals surface area (Å²) in [6.45, 7) is 8.04. The van der Waals surface area contributed by atoms with Crippen molar-refractivity contribution in [1.29, 1.82) is 0 Å². The molecule has 0 bridgehead atoms. The minimum Gasteiger partial charge on any atom is -0.464 e. The summed E-state index contributed by atoms with van der Waals surface area (Å²) in [6, 6.07) is 4.24. The molecule has 0 spiro atoms. The molecule has 1 aromatic heterocycles. The molecule has 1 N–H and O–H groups in total. The van der Waals surface area contributed by atoms with E-state index in [1.807, 2.05) is 0 Å². The quantitative estimate of drug-likeness (QED) is 0.655. The van der Waals surface area contributed by atoms with Crippen molar-refractivity contribution in [2.75, 3.05) is 19.8 Å². The van der Waals surface area contributed by atoms with E-state index in [9.17, 15) is 0 Å². The van der Waals surface area contributed by atoms with Crippen molar-refractivity contribution in [3.05, 3.63) is 23.7 Å². The average Bonchev–Trinajstić information content (AvgIpc) is 2.96. The molecule has 2 atom stereocenters. The average molecular weight is 265 g/mol. The summed E-state index contributed by atoms with van der Waals surface area (Å²) in [5, 5.41) is 3.40. The number of furan rings is 1. The first-order valence-electron chi connectivity index (χ1n) is 7.68. The first-order valence-corrected chi connectivity index (χ1v) is 7.68. The molecule has 1 aliphatic carbocycles. The zero-order chi connectivity index (χ0) is 13.5. The molecule has 0 amide bonds. The highest BCUT2D eigenvalue weighted by Crippen LogP contribution is 2.47. The fraction of sp³-hybridized carbons (Fsp3) is 0.750. The molecule has 1 aromatic rings. The molecule has 1 saturated carbocycles. The van der Waals surface area contributed by atoms with Crippen molar-refractivity contribution >= 4 is 0 Å². The van der Waals surface area contributed by atoms with Gasteiger partial charge in [-0.3, -0.25) is 0 Å². The van der Waals surface area contributed by atoms with E-state index in [-0.39, 0.29) is 0 Å². The maximum absolute atomic E-state index is 5.84. The van der Waals surface area contributed by atoms with Crippen molar-refractivity contribution in [2.45, 2.75) is 52.0 Å². The third-order valence-corrected chi connectivity index (χ3v) is 3.74. The zero-order valence-corrected chi connectivity index (χ0v) is 12.3. The molecule has 3 nitrogen and oxygen atoms in total. The maximum Gasteiger partial charge on any atom is 0.117 e. The fourth-order valence-electron chi connectivity index (χ4n) is 2.27. The molecular weight excluding hydrogens is 238 g/mol. The summed E-state index contributed by atoms with van der Waals surface area (Å²) in [7, 11) is 0. The largest absolute Gasteiger partial charge is 0.464 e. The third kappa shape index (κ3) is 5.00. The van der Waals surface area contributed by atoms with Gasteiger partial charge in [0.05, 0.1) is 6.54 Å². The summed E-state index contributed by atoms with van der Waals surface area (Å²) in [5.74, 6) is 3.72. The van der Waals surface area contributed by atoms with Gasteiger partial charge in [-0.2, -0.15) is 0 Å². The molecule has 19 heavy (non-hydrogen) atoms. The van der Waals surface area contributed by atoms with Gasteiger partial charge in [0, 0.05) is 19.1 Å². The van der Waals surface area contributed by atoms with Gasteiger partial charge in [-0.05, 0) is 43.9 Å². The van der Waals surface area contributed by atoms with Crippen LogP contribution in [0.15, 0.2) is 16.5 Å². The van der Waals surface area contributed by atoms with E-state index in [0.29, 0.717) is 5.92 Å². The summed E-state index contributed by atoms with van der Waals surface area (Å²) in [4.78, 5) is 0. The van der Waals surface area contributed by atoms with Gasteiger partial charge in [-0.25, -0.2) is 0 Å². The predicted molar refractivity (Wildman–Crippen MR) is 77.3 cm³/mol. The van der Waals surface area contributed by atoms with Crippen molar-refractivity contribution in [3.63, 3.8) is 0 Å². The first-order chi connectivity index (χ1) is 9.31. The standard InChI is InChI=1S/C16H27NO2/c1-3-4-9-18-10-5-8-17-12-14-6-7-16(19-14)15-11-13(15)2/h6-7,13,15,17H,3-5,8-12H2,1-2H3. The van der Waals surface area contributed by atoms with Crippen molar-refractivity contribution in [2.24, 2.45) is 5.92 Å². The van der Waals surface area contributed by atoms with Crippen molar-refractivity contribution in [1.82, 2.24) is 5.32 Å². The van der Waals surface area contributed by atoms with Crippen LogP contribution >= 0.6 is 0 Å². The van der Waals surface area contributed by atoms with Gasteiger partial charge < -0.3 is 14.5 Å². The maximum atomic E-state index is 5.84. The number of ether oxygens (including phenoxy) is 1. The lowest BCUT2D eigenvalue weighted by atomic mass is 10.3. The van der Waals surface area contributed by atoms with Crippen LogP contribution in [0.1, 0.15) is 57.0 Å². The SMILES string of the molecule is CCCCOCCCNCc1ccc(C2CC2C)o1. The topological polar surface area (TPSA) is 34.4 Å². The summed E-state index contributed by atoms with van der Waals surface area (Å²) >= 11 is 0. The third-order valence-electron chi connectivity index (χ3n) is 3.74. The van der Waals surface area contributed by atoms with Gasteiger partial charge in [0.2, 0.25) is 0 Å². The zero-order valence-electron chi connectivity index (χ0n) is 12.3. The molecule has 0 saturated heterocycles. The summed E-state index contributed by atoms with van der Waals surface area (Å²) in [6.07, 6.45) is 4.73. The Morgan fingerprint density at radius 2 is 2.11 bits per heavy atom. The molecule has 1 aliphatic rings. The highest BCUT2D eigenvalue weighted by atomic mass is 16.5. The van der Waals surface area contributed by atoms with E-state index >= 15 is 0 Å². The van der Waals surface area contributed by atoms with E-state index in [2.05, 4.69) is 31.3 Å². The van der Waals surface area contributed by atoms with Crippen LogP contribution in [0, 0.1) is 5.92 Å². The number of rotatable bonds is 10. The van der Waals surface area contributed by atoms with Crippen molar-refractivity contribution < 1.29 is 9.15 Å². The fourth-order valence-corrected chi connectivity index (χ4v) is 2.27. The van der Waals surface area contributed by atoms with Crippen LogP contribution in [0.25, 0.3) is 0 Å². The van der Waals surface area contributed by atoms with E-state index in [4.69, 9.17) is 9.15 Å². The normalized spacial score (nSPS) is 21.8. The lowest BCUT2D eigenvalue weighted by Gasteiger charge is -2.04. The Hall–Kier alpha value is -0.800. The second-order valence-corrected chi connectivity index (χ2v) is 5.62. The van der Waals surface area contributed by atoms with Gasteiger partial charge >= 0.3 is 0 Å². The molecule has 108 valence electrons. The Labute approximate surface area is 116 Å². The van der Waals surface area contributed by atoms with Crippen LogP contribution in [0.2, 0.25) is 0 Å². The Balaban J connectivity index is 1.50. The van der Waals surface area contributed by atoms with E-state index in [1.165, 1.54) is 25.0 Å². The molecule has 3 heteroatoms. The van der Waals surface area contributed by atoms with Crippen LogP contribution in [0.3, 0.4) is 0 Å². The van der Waals surface area contributed by atoms with E-state index in [0.717, 1.165) is 44.4 Å². The molecule has 1 heterocycles. The van der Waals surface area contributed by atoms with Gasteiger partial charge in [-0.15, -0.1) is 0 Å². The van der Waals surface area contributed by atoms with Gasteiger partial charge in [-0.1, -0.05) is 20.3 Å². The Kier molecular flexibility index (Phi) is 5.93. The monoisotopic (exact) mass is 265 g/mol. The highest BCUT2D eigenvalue weighted by Gasteiger charge is 2.36. The van der Waals surface area contributed by atoms with Crippen LogP contribution in [0.5, 0.6) is 0 Å². The van der Waals surface area contributed by atoms with Crippen LogP contribution in [0.4, 0.5) is 0 Å². The Morgan fingerprint density at radius 3 is 2.84 bits per heavy atom. The number of hydrogen-bond acceptors (Lipinski definition) is 3. The van der Waals surface area contributed by atoms with Gasteiger partial charge in [0.15, 0.2) is 0 Å². The van der Waals surface area contributed by atoms with E-state index in [1.54, 1.807) is 0 Å². The molecule has 1 fully saturated rings. The number of nitrogens with one attached hydrogen (secondary N) is 1. The number of hydrogen-bond donors (Lipinski definition) is 1. The predicted octanol–water partition coefficient (Wildman–Crippen LogP) is 3.70. The summed E-state index contributed by atoms with van der Waals surface area (Å²) < 4.78 is 11.4. The lowest BCUT2D eigenvalue weighted by molar-refractivity contribution is 0.128. The molecule has 2 rings (SSSR count). The molecule has 2 unspecified atom stereocenters. The Bertz CT molecular complexity index is 361. The van der Waals surface area contributed by atoms with Crippen LogP contribution in [-0.4, -0.2) is 19.8 Å². The Morgan fingerprint density at radius 1 is 1.32 bits per heavy atom. The summed E-state index contributed by atoms with van der Waals surface area (Å²) in [5.41, 5.74) is 0. The second-order valence-electron chi connectivity index (χ2n) is 5.62. The smallest absolute Gasteiger partial charge is 0.117 e. The molecule has 0 aromatic carbocycles. The molecule has 0 aliphatic heterocycles. The minimum absolute atomic E-state index is 0.681. The van der Waals surface area contributed by atoms with E-state index < -0.39 is 0 Å². The first kappa shape index (κ1) is 14.6. The second kappa shape index (κ2) is 7.71. The molecule has 0 radical (unpaired) electrons. The number of unbranched alkanes of at least 4 members (excludes halogenated alkanes) is 1. The highest BCUT2D eigenvalue weighted by molar-refractivity contribution is 5.17. The molecular formula is C16H27NO2. The van der Waals surface area contributed by atoms with Crippen LogP contribution in [-0.2, 0) is 11.3 Å². The van der Waals surface area contributed by atoms with Crippen LogP contribution < -0.4 is 5.32 Å². The minimum atomic E-state index is 0.681. The lowest BCUT2D eigenvalue weighted by Crippen LogP contribution is -2.16. The van der Waals surface area contributed by atoms with Crippen molar-refractivity contribution in [3.8, 4) is 0 Å². The van der Waals surface area contributed by atoms with Gasteiger partial charge in [0.1, 0.15) is 11.5 Å².